The summed E-state index contributed by atoms with van der Waals surface area (Å²) in [7, 11) is 2.01. The van der Waals surface area contributed by atoms with Crippen molar-refractivity contribution in [2.24, 2.45) is 0 Å². The van der Waals surface area contributed by atoms with E-state index in [-0.39, 0.29) is 0 Å². The Bertz CT molecular complexity index is 265. The number of phenolic OH excluding ortho intramolecular Hbond substituents is 1. The maximum atomic E-state index is 9.21. The van der Waals surface area contributed by atoms with Crippen LogP contribution < -0.4 is 0 Å². The predicted molar refractivity (Wildman–Crippen MR) is 55.2 cm³/mol. The Morgan fingerprint density at radius 2 is 2.23 bits per heavy atom. The number of nitrogens with zero attached hydrogens (tertiary/aromatic N) is 1. The third kappa shape index (κ3) is 3.66. The average molecular weight is 200 g/mol. The van der Waals surface area contributed by atoms with Gasteiger partial charge in [0, 0.05) is 19.0 Å². The first kappa shape index (κ1) is 10.4. The summed E-state index contributed by atoms with van der Waals surface area (Å²) in [6.45, 7) is 1.68. The van der Waals surface area contributed by atoms with E-state index in [0.717, 1.165) is 18.7 Å². The van der Waals surface area contributed by atoms with Crippen LogP contribution in [0.25, 0.3) is 0 Å². The van der Waals surface area contributed by atoms with Gasteiger partial charge in [-0.25, -0.2) is 0 Å². The highest BCUT2D eigenvalue weighted by molar-refractivity contribution is 6.18. The van der Waals surface area contributed by atoms with Crippen molar-refractivity contribution in [1.29, 1.82) is 0 Å². The topological polar surface area (TPSA) is 23.5 Å². The van der Waals surface area contributed by atoms with Crippen LogP contribution in [0.15, 0.2) is 24.3 Å². The Morgan fingerprint density at radius 1 is 1.46 bits per heavy atom. The molecule has 0 saturated carbocycles. The summed E-state index contributed by atoms with van der Waals surface area (Å²) in [5.74, 6) is 0.951. The molecule has 0 saturated heterocycles. The summed E-state index contributed by atoms with van der Waals surface area (Å²) < 4.78 is 0. The van der Waals surface area contributed by atoms with E-state index in [9.17, 15) is 5.11 Å². The third-order valence-electron chi connectivity index (χ3n) is 1.83. The Hall–Kier alpha value is -0.730. The van der Waals surface area contributed by atoms with Gasteiger partial charge in [-0.05, 0) is 24.7 Å². The number of aromatic hydroxyl groups is 1. The number of halogens is 1. The van der Waals surface area contributed by atoms with Gasteiger partial charge in [0.25, 0.3) is 0 Å². The number of phenols is 1. The van der Waals surface area contributed by atoms with Crippen LogP contribution in [0.4, 0.5) is 0 Å². The van der Waals surface area contributed by atoms with Crippen LogP contribution in [0.2, 0.25) is 0 Å². The molecule has 72 valence electrons. The third-order valence-corrected chi connectivity index (χ3v) is 2.00. The summed E-state index contributed by atoms with van der Waals surface area (Å²) in [6, 6.07) is 7.28. The molecule has 1 N–H and O–H groups in total. The van der Waals surface area contributed by atoms with Crippen LogP contribution in [0.5, 0.6) is 5.75 Å². The molecule has 0 atom stereocenters. The molecule has 0 aromatic heterocycles. The molecule has 0 unspecified atom stereocenters. The molecule has 0 aliphatic carbocycles. The zero-order valence-corrected chi connectivity index (χ0v) is 8.46. The maximum absolute atomic E-state index is 9.21. The number of hydrogen-bond donors (Lipinski definition) is 1. The van der Waals surface area contributed by atoms with Gasteiger partial charge in [0.05, 0.1) is 0 Å². The zero-order chi connectivity index (χ0) is 9.68. The van der Waals surface area contributed by atoms with Gasteiger partial charge in [0.15, 0.2) is 0 Å². The molecule has 3 heteroatoms. The van der Waals surface area contributed by atoms with Gasteiger partial charge in [-0.3, -0.25) is 0 Å². The minimum absolute atomic E-state index is 0.316. The van der Waals surface area contributed by atoms with E-state index >= 15 is 0 Å². The van der Waals surface area contributed by atoms with Gasteiger partial charge < -0.3 is 10.0 Å². The summed E-state index contributed by atoms with van der Waals surface area (Å²) in [4.78, 5) is 2.11. The molecule has 0 heterocycles. The molecule has 0 spiro atoms. The number of alkyl halides is 1. The SMILES string of the molecule is CN(CCCl)Cc1cccc(O)c1. The Balaban J connectivity index is 2.53. The van der Waals surface area contributed by atoms with E-state index in [1.807, 2.05) is 19.2 Å². The van der Waals surface area contributed by atoms with Crippen molar-refractivity contribution in [2.75, 3.05) is 19.5 Å². The van der Waals surface area contributed by atoms with Gasteiger partial charge in [-0.2, -0.15) is 0 Å². The van der Waals surface area contributed by atoms with Crippen molar-refractivity contribution < 1.29 is 5.11 Å². The number of rotatable bonds is 4. The fourth-order valence-electron chi connectivity index (χ4n) is 1.19. The second kappa shape index (κ2) is 5.10. The smallest absolute Gasteiger partial charge is 0.115 e. The van der Waals surface area contributed by atoms with Crippen LogP contribution in [0.1, 0.15) is 5.56 Å². The van der Waals surface area contributed by atoms with E-state index in [1.165, 1.54) is 0 Å². The van der Waals surface area contributed by atoms with Gasteiger partial charge in [0.2, 0.25) is 0 Å². The van der Waals surface area contributed by atoms with Gasteiger partial charge >= 0.3 is 0 Å². The van der Waals surface area contributed by atoms with Crippen molar-refractivity contribution in [3.8, 4) is 5.75 Å². The molecule has 13 heavy (non-hydrogen) atoms. The van der Waals surface area contributed by atoms with E-state index in [1.54, 1.807) is 12.1 Å². The Labute approximate surface area is 83.7 Å². The van der Waals surface area contributed by atoms with Crippen molar-refractivity contribution in [2.45, 2.75) is 6.54 Å². The highest BCUT2D eigenvalue weighted by Gasteiger charge is 1.99. The highest BCUT2D eigenvalue weighted by Crippen LogP contribution is 2.12. The molecule has 1 aromatic rings. The van der Waals surface area contributed by atoms with Gasteiger partial charge in [-0.15, -0.1) is 11.6 Å². The first-order chi connectivity index (χ1) is 6.22. The molecule has 1 aromatic carbocycles. The molecule has 0 bridgehead atoms. The van der Waals surface area contributed by atoms with Crippen LogP contribution in [0, 0.1) is 0 Å². The zero-order valence-electron chi connectivity index (χ0n) is 7.70. The summed E-state index contributed by atoms with van der Waals surface area (Å²) in [6.07, 6.45) is 0. The van der Waals surface area contributed by atoms with Crippen LogP contribution in [-0.2, 0) is 6.54 Å². The second-order valence-corrected chi connectivity index (χ2v) is 3.47. The fourth-order valence-corrected chi connectivity index (χ4v) is 1.48. The maximum Gasteiger partial charge on any atom is 0.115 e. The molecular weight excluding hydrogens is 186 g/mol. The lowest BCUT2D eigenvalue weighted by Crippen LogP contribution is -2.19. The molecule has 1 rings (SSSR count). The Kier molecular flexibility index (Phi) is 4.06. The lowest BCUT2D eigenvalue weighted by Gasteiger charge is -2.14. The molecule has 0 fully saturated rings. The lowest BCUT2D eigenvalue weighted by atomic mass is 10.2. The van der Waals surface area contributed by atoms with Crippen LogP contribution >= 0.6 is 11.6 Å². The normalized spacial score (nSPS) is 10.7. The summed E-state index contributed by atoms with van der Waals surface area (Å²) in [5.41, 5.74) is 1.10. The van der Waals surface area contributed by atoms with Crippen molar-refractivity contribution >= 4 is 11.6 Å². The molecule has 0 aliphatic heterocycles. The largest absolute Gasteiger partial charge is 0.508 e. The van der Waals surface area contributed by atoms with E-state index in [0.29, 0.717) is 11.6 Å². The van der Waals surface area contributed by atoms with E-state index < -0.39 is 0 Å². The van der Waals surface area contributed by atoms with Crippen LogP contribution in [-0.4, -0.2) is 29.5 Å². The standard InChI is InChI=1S/C10H14ClNO/c1-12(6-5-11)8-9-3-2-4-10(13)7-9/h2-4,7,13H,5-6,8H2,1H3. The van der Waals surface area contributed by atoms with Crippen molar-refractivity contribution in [3.63, 3.8) is 0 Å². The number of hydrogen-bond acceptors (Lipinski definition) is 2. The monoisotopic (exact) mass is 199 g/mol. The first-order valence-corrected chi connectivity index (χ1v) is 4.78. The van der Waals surface area contributed by atoms with Crippen molar-refractivity contribution in [1.82, 2.24) is 4.90 Å². The second-order valence-electron chi connectivity index (χ2n) is 3.10. The fraction of sp³-hybridized carbons (Fsp3) is 0.400. The van der Waals surface area contributed by atoms with Crippen LogP contribution in [0.3, 0.4) is 0 Å². The van der Waals surface area contributed by atoms with E-state index in [2.05, 4.69) is 4.90 Å². The first-order valence-electron chi connectivity index (χ1n) is 4.25. The Morgan fingerprint density at radius 3 is 2.85 bits per heavy atom. The quantitative estimate of drug-likeness (QED) is 0.751. The minimum atomic E-state index is 0.316. The molecule has 0 aliphatic rings. The summed E-state index contributed by atoms with van der Waals surface area (Å²) in [5, 5.41) is 9.21. The van der Waals surface area contributed by atoms with Gasteiger partial charge in [0.1, 0.15) is 5.75 Å². The molecule has 2 nitrogen and oxygen atoms in total. The average Bonchev–Trinajstić information content (AvgIpc) is 2.04. The molecule has 0 amide bonds. The minimum Gasteiger partial charge on any atom is -0.508 e. The predicted octanol–water partition coefficient (Wildman–Crippen LogP) is 2.06. The van der Waals surface area contributed by atoms with Crippen molar-refractivity contribution in [3.05, 3.63) is 29.8 Å². The molecule has 0 radical (unpaired) electrons. The number of benzene rings is 1. The highest BCUT2D eigenvalue weighted by atomic mass is 35.5. The van der Waals surface area contributed by atoms with E-state index in [4.69, 9.17) is 11.6 Å². The van der Waals surface area contributed by atoms with Gasteiger partial charge in [-0.1, -0.05) is 12.1 Å². The molecular formula is C10H14ClNO. The summed E-state index contributed by atoms with van der Waals surface area (Å²) >= 11 is 5.60. The lowest BCUT2D eigenvalue weighted by molar-refractivity contribution is 0.347.